The van der Waals surface area contributed by atoms with Gasteiger partial charge in [-0.2, -0.15) is 0 Å². The average Bonchev–Trinajstić information content (AvgIpc) is 1.98. The lowest BCUT2D eigenvalue weighted by molar-refractivity contribution is -0.133. The molecular weight excluding hydrogens is 188 g/mol. The van der Waals surface area contributed by atoms with Crippen LogP contribution in [0.3, 0.4) is 0 Å². The number of hydrogen-bond donors (Lipinski definition) is 0. The first-order valence-electron chi connectivity index (χ1n) is 5.72. The predicted octanol–water partition coefficient (Wildman–Crippen LogP) is 3.44. The van der Waals surface area contributed by atoms with Crippen molar-refractivity contribution in [2.24, 2.45) is 11.3 Å². The van der Waals surface area contributed by atoms with Crippen LogP contribution < -0.4 is 0 Å². The molecule has 0 spiro atoms. The minimum atomic E-state index is -0.367. The standard InChI is InChI=1S/C13H26O2/c1-10(2)8-13(6,7)15-9-12(4,5)11(3)14/h10H,8-9H2,1-7H3. The van der Waals surface area contributed by atoms with E-state index < -0.39 is 0 Å². The van der Waals surface area contributed by atoms with Gasteiger partial charge < -0.3 is 4.74 Å². The molecule has 0 aromatic carbocycles. The Hall–Kier alpha value is -0.370. The zero-order valence-electron chi connectivity index (χ0n) is 11.3. The summed E-state index contributed by atoms with van der Waals surface area (Å²) in [5.74, 6) is 0.795. The smallest absolute Gasteiger partial charge is 0.137 e. The zero-order chi connectivity index (χ0) is 12.3. The highest BCUT2D eigenvalue weighted by molar-refractivity contribution is 5.81. The van der Waals surface area contributed by atoms with Gasteiger partial charge in [0.15, 0.2) is 0 Å². The summed E-state index contributed by atoms with van der Waals surface area (Å²) in [7, 11) is 0. The average molecular weight is 214 g/mol. The summed E-state index contributed by atoms with van der Waals surface area (Å²) in [6, 6.07) is 0. The molecule has 0 bridgehead atoms. The first kappa shape index (κ1) is 14.6. The zero-order valence-corrected chi connectivity index (χ0v) is 11.3. The van der Waals surface area contributed by atoms with Crippen LogP contribution in [-0.2, 0) is 9.53 Å². The van der Waals surface area contributed by atoms with Crippen LogP contribution in [0, 0.1) is 11.3 Å². The molecule has 0 aliphatic heterocycles. The lowest BCUT2D eigenvalue weighted by Crippen LogP contribution is -2.35. The van der Waals surface area contributed by atoms with Crippen molar-refractivity contribution in [1.82, 2.24) is 0 Å². The molecule has 0 aromatic heterocycles. The van der Waals surface area contributed by atoms with Gasteiger partial charge in [0.05, 0.1) is 12.2 Å². The minimum absolute atomic E-state index is 0.138. The van der Waals surface area contributed by atoms with Gasteiger partial charge in [-0.3, -0.25) is 4.79 Å². The number of ether oxygens (including phenoxy) is 1. The van der Waals surface area contributed by atoms with Crippen molar-refractivity contribution in [2.75, 3.05) is 6.61 Å². The van der Waals surface area contributed by atoms with Gasteiger partial charge in [-0.25, -0.2) is 0 Å². The third kappa shape index (κ3) is 5.93. The molecular formula is C13H26O2. The molecule has 0 aliphatic carbocycles. The van der Waals surface area contributed by atoms with Gasteiger partial charge in [-0.15, -0.1) is 0 Å². The molecule has 0 aromatic rings. The third-order valence-corrected chi connectivity index (χ3v) is 2.68. The van der Waals surface area contributed by atoms with Crippen molar-refractivity contribution in [1.29, 1.82) is 0 Å². The highest BCUT2D eigenvalue weighted by Gasteiger charge is 2.28. The molecule has 0 saturated carbocycles. The molecule has 0 saturated heterocycles. The van der Waals surface area contributed by atoms with Gasteiger partial charge in [-0.1, -0.05) is 27.7 Å². The van der Waals surface area contributed by atoms with Crippen LogP contribution in [0.4, 0.5) is 0 Å². The van der Waals surface area contributed by atoms with E-state index in [0.29, 0.717) is 12.5 Å². The molecule has 0 rings (SSSR count). The number of rotatable bonds is 6. The van der Waals surface area contributed by atoms with Crippen LogP contribution in [0.15, 0.2) is 0 Å². The summed E-state index contributed by atoms with van der Waals surface area (Å²) >= 11 is 0. The molecule has 0 aliphatic rings. The van der Waals surface area contributed by atoms with Crippen molar-refractivity contribution in [3.05, 3.63) is 0 Å². The van der Waals surface area contributed by atoms with E-state index in [9.17, 15) is 4.79 Å². The maximum atomic E-state index is 11.3. The number of ketones is 1. The fourth-order valence-electron chi connectivity index (χ4n) is 1.52. The minimum Gasteiger partial charge on any atom is -0.375 e. The van der Waals surface area contributed by atoms with E-state index >= 15 is 0 Å². The second kappa shape index (κ2) is 5.11. The van der Waals surface area contributed by atoms with Crippen molar-refractivity contribution < 1.29 is 9.53 Å². The van der Waals surface area contributed by atoms with Crippen LogP contribution in [0.5, 0.6) is 0 Å². The Morgan fingerprint density at radius 2 is 1.67 bits per heavy atom. The number of hydrogen-bond acceptors (Lipinski definition) is 2. The van der Waals surface area contributed by atoms with Crippen molar-refractivity contribution >= 4 is 5.78 Å². The first-order chi connectivity index (χ1) is 6.57. The van der Waals surface area contributed by atoms with Crippen LogP contribution in [0.1, 0.15) is 54.9 Å². The Labute approximate surface area is 94.4 Å². The molecule has 0 radical (unpaired) electrons. The van der Waals surface area contributed by atoms with Crippen LogP contribution in [0.25, 0.3) is 0 Å². The number of carbonyl (C=O) groups excluding carboxylic acids is 1. The van der Waals surface area contributed by atoms with E-state index in [1.807, 2.05) is 13.8 Å². The Balaban J connectivity index is 4.20. The first-order valence-corrected chi connectivity index (χ1v) is 5.72. The maximum Gasteiger partial charge on any atom is 0.137 e. The molecule has 0 unspecified atom stereocenters. The highest BCUT2D eigenvalue weighted by Crippen LogP contribution is 2.25. The molecule has 90 valence electrons. The molecule has 0 fully saturated rings. The molecule has 2 heteroatoms. The van der Waals surface area contributed by atoms with Gasteiger partial charge in [0.2, 0.25) is 0 Å². The molecule has 15 heavy (non-hydrogen) atoms. The van der Waals surface area contributed by atoms with Crippen LogP contribution >= 0.6 is 0 Å². The molecule has 2 nitrogen and oxygen atoms in total. The van der Waals surface area contributed by atoms with Crippen molar-refractivity contribution in [3.8, 4) is 0 Å². The summed E-state index contributed by atoms with van der Waals surface area (Å²) in [6.07, 6.45) is 1.01. The van der Waals surface area contributed by atoms with Gasteiger partial charge >= 0.3 is 0 Å². The third-order valence-electron chi connectivity index (χ3n) is 2.68. The quantitative estimate of drug-likeness (QED) is 0.677. The van der Waals surface area contributed by atoms with Gasteiger partial charge in [0.1, 0.15) is 5.78 Å². The van der Waals surface area contributed by atoms with E-state index in [-0.39, 0.29) is 16.8 Å². The topological polar surface area (TPSA) is 26.3 Å². The van der Waals surface area contributed by atoms with E-state index in [2.05, 4.69) is 27.7 Å². The maximum absolute atomic E-state index is 11.3. The largest absolute Gasteiger partial charge is 0.375 e. The highest BCUT2D eigenvalue weighted by atomic mass is 16.5. The Kier molecular flexibility index (Phi) is 4.98. The van der Waals surface area contributed by atoms with Gasteiger partial charge in [0.25, 0.3) is 0 Å². The van der Waals surface area contributed by atoms with Crippen LogP contribution in [0.2, 0.25) is 0 Å². The van der Waals surface area contributed by atoms with Gasteiger partial charge in [-0.05, 0) is 33.1 Å². The normalized spacial score (nSPS) is 13.3. The summed E-state index contributed by atoms with van der Waals surface area (Å²) < 4.78 is 5.85. The molecule has 0 N–H and O–H groups in total. The molecule has 0 heterocycles. The lowest BCUT2D eigenvalue weighted by atomic mass is 9.89. The van der Waals surface area contributed by atoms with Gasteiger partial charge in [0, 0.05) is 5.41 Å². The Morgan fingerprint density at radius 3 is 2.00 bits per heavy atom. The van der Waals surface area contributed by atoms with E-state index in [1.165, 1.54) is 0 Å². The number of carbonyl (C=O) groups is 1. The molecule has 0 amide bonds. The van der Waals surface area contributed by atoms with Crippen molar-refractivity contribution in [2.45, 2.75) is 60.5 Å². The lowest BCUT2D eigenvalue weighted by Gasteiger charge is -2.31. The fraction of sp³-hybridized carbons (Fsp3) is 0.923. The van der Waals surface area contributed by atoms with Crippen molar-refractivity contribution in [3.63, 3.8) is 0 Å². The van der Waals surface area contributed by atoms with Crippen LogP contribution in [-0.4, -0.2) is 18.0 Å². The summed E-state index contributed by atoms with van der Waals surface area (Å²) in [5.41, 5.74) is -0.505. The fourth-order valence-corrected chi connectivity index (χ4v) is 1.52. The predicted molar refractivity (Wildman–Crippen MR) is 63.9 cm³/mol. The summed E-state index contributed by atoms with van der Waals surface area (Å²) in [6.45, 7) is 14.5. The summed E-state index contributed by atoms with van der Waals surface area (Å²) in [5, 5.41) is 0. The second-order valence-electron chi connectivity index (χ2n) is 6.09. The number of Topliss-reactive ketones (excluding diaryl/α,β-unsaturated/α-hetero) is 1. The van der Waals surface area contributed by atoms with E-state index in [0.717, 1.165) is 6.42 Å². The second-order valence-corrected chi connectivity index (χ2v) is 6.09. The molecule has 0 atom stereocenters. The SMILES string of the molecule is CC(=O)C(C)(C)COC(C)(C)CC(C)C. The Bertz CT molecular complexity index is 215. The van der Waals surface area contributed by atoms with E-state index in [1.54, 1.807) is 6.92 Å². The Morgan fingerprint density at radius 1 is 1.20 bits per heavy atom. The van der Waals surface area contributed by atoms with E-state index in [4.69, 9.17) is 4.74 Å². The summed E-state index contributed by atoms with van der Waals surface area (Å²) in [4.78, 5) is 11.3. The monoisotopic (exact) mass is 214 g/mol.